The van der Waals surface area contributed by atoms with E-state index in [2.05, 4.69) is 0 Å². The summed E-state index contributed by atoms with van der Waals surface area (Å²) in [6, 6.07) is 5.13. The summed E-state index contributed by atoms with van der Waals surface area (Å²) in [6.45, 7) is 3.25. The quantitative estimate of drug-likeness (QED) is 0.596. The number of nitrogen functional groups attached to an aromatic ring is 1. The van der Waals surface area contributed by atoms with E-state index in [0.717, 1.165) is 0 Å². The van der Waals surface area contributed by atoms with Gasteiger partial charge in [0.2, 0.25) is 0 Å². The van der Waals surface area contributed by atoms with Crippen LogP contribution >= 0.6 is 0 Å². The summed E-state index contributed by atoms with van der Waals surface area (Å²) < 4.78 is 0. The van der Waals surface area contributed by atoms with Crippen molar-refractivity contribution in [1.82, 2.24) is 0 Å². The number of nitrogens with two attached hydrogens (primary N) is 1. The first-order chi connectivity index (χ1) is 5.95. The number of hydrogen-bond donors (Lipinski definition) is 3. The van der Waals surface area contributed by atoms with Gasteiger partial charge < -0.3 is 15.9 Å². The largest absolute Gasteiger partial charge is 0.399 e. The molecule has 0 saturated carbocycles. The Kier molecular flexibility index (Phi) is 2.59. The molecule has 0 aliphatic carbocycles. The lowest BCUT2D eigenvalue weighted by atomic mass is 9.93. The van der Waals surface area contributed by atoms with Crippen molar-refractivity contribution in [3.8, 4) is 0 Å². The fraction of sp³-hybridized carbons (Fsp3) is 0.400. The molecule has 0 atom stereocenters. The Morgan fingerprint density at radius 1 is 1.38 bits per heavy atom. The van der Waals surface area contributed by atoms with Gasteiger partial charge in [-0.15, -0.1) is 0 Å². The van der Waals surface area contributed by atoms with Gasteiger partial charge >= 0.3 is 0 Å². The second kappa shape index (κ2) is 3.36. The highest BCUT2D eigenvalue weighted by Gasteiger charge is 2.19. The summed E-state index contributed by atoms with van der Waals surface area (Å²) in [6.07, 6.45) is 0. The molecule has 0 bridgehead atoms. The van der Waals surface area contributed by atoms with Crippen LogP contribution in [0.2, 0.25) is 0 Å². The maximum Gasteiger partial charge on any atom is 0.0844 e. The molecule has 0 aromatic heterocycles. The zero-order valence-electron chi connectivity index (χ0n) is 7.91. The van der Waals surface area contributed by atoms with E-state index in [9.17, 15) is 5.11 Å². The van der Waals surface area contributed by atoms with E-state index in [1.165, 1.54) is 0 Å². The topological polar surface area (TPSA) is 66.5 Å². The van der Waals surface area contributed by atoms with Crippen molar-refractivity contribution in [3.63, 3.8) is 0 Å². The average molecular weight is 181 g/mol. The van der Waals surface area contributed by atoms with E-state index >= 15 is 0 Å². The smallest absolute Gasteiger partial charge is 0.0844 e. The molecule has 13 heavy (non-hydrogen) atoms. The Labute approximate surface area is 77.8 Å². The average Bonchev–Trinajstić information content (AvgIpc) is 2.01. The Hall–Kier alpha value is -1.06. The van der Waals surface area contributed by atoms with E-state index in [1.54, 1.807) is 32.0 Å². The molecule has 1 rings (SSSR count). The molecule has 0 fully saturated rings. The Balaban J connectivity index is 3.22. The van der Waals surface area contributed by atoms with Gasteiger partial charge in [-0.25, -0.2) is 0 Å². The highest BCUT2D eigenvalue weighted by Crippen LogP contribution is 2.25. The molecule has 0 amide bonds. The zero-order chi connectivity index (χ0) is 10.1. The molecule has 0 radical (unpaired) electrons. The molecule has 3 heteroatoms. The van der Waals surface area contributed by atoms with Crippen LogP contribution in [0.25, 0.3) is 0 Å². The van der Waals surface area contributed by atoms with Crippen LogP contribution in [-0.4, -0.2) is 10.2 Å². The van der Waals surface area contributed by atoms with Crippen molar-refractivity contribution >= 4 is 5.69 Å². The molecule has 0 heterocycles. The normalized spacial score (nSPS) is 11.7. The van der Waals surface area contributed by atoms with Crippen molar-refractivity contribution in [1.29, 1.82) is 0 Å². The lowest BCUT2D eigenvalue weighted by Crippen LogP contribution is -2.18. The minimum absolute atomic E-state index is 0.107. The van der Waals surface area contributed by atoms with Crippen molar-refractivity contribution in [2.75, 3.05) is 5.73 Å². The first-order valence-electron chi connectivity index (χ1n) is 4.17. The number of aliphatic hydroxyl groups excluding tert-OH is 1. The number of rotatable bonds is 2. The van der Waals surface area contributed by atoms with Crippen LogP contribution in [-0.2, 0) is 12.2 Å². The van der Waals surface area contributed by atoms with Crippen LogP contribution < -0.4 is 5.73 Å². The third kappa shape index (κ3) is 2.20. The molecule has 1 aromatic rings. The van der Waals surface area contributed by atoms with Gasteiger partial charge in [0.05, 0.1) is 12.2 Å². The van der Waals surface area contributed by atoms with Crippen molar-refractivity contribution < 1.29 is 10.2 Å². The molecule has 3 nitrogen and oxygen atoms in total. The van der Waals surface area contributed by atoms with E-state index < -0.39 is 5.60 Å². The maximum absolute atomic E-state index is 9.74. The summed E-state index contributed by atoms with van der Waals surface area (Å²) in [4.78, 5) is 0. The fourth-order valence-corrected chi connectivity index (χ4v) is 1.34. The van der Waals surface area contributed by atoms with Gasteiger partial charge in [0, 0.05) is 5.69 Å². The van der Waals surface area contributed by atoms with Crippen LogP contribution in [0.5, 0.6) is 0 Å². The summed E-state index contributed by atoms with van der Waals surface area (Å²) in [5.41, 5.74) is 6.60. The second-order valence-corrected chi connectivity index (χ2v) is 3.63. The van der Waals surface area contributed by atoms with Crippen molar-refractivity contribution in [2.45, 2.75) is 26.1 Å². The minimum atomic E-state index is -0.939. The standard InChI is InChI=1S/C10H15NO2/c1-10(2,13)9-4-3-8(11)5-7(9)6-12/h3-5,12-13H,6,11H2,1-2H3. The maximum atomic E-state index is 9.74. The molecule has 0 saturated heterocycles. The molecule has 0 spiro atoms. The third-order valence-corrected chi connectivity index (χ3v) is 1.96. The van der Waals surface area contributed by atoms with Crippen LogP contribution in [0, 0.1) is 0 Å². The first-order valence-corrected chi connectivity index (χ1v) is 4.17. The van der Waals surface area contributed by atoms with Crippen molar-refractivity contribution in [3.05, 3.63) is 29.3 Å². The molecule has 72 valence electrons. The third-order valence-electron chi connectivity index (χ3n) is 1.96. The van der Waals surface area contributed by atoms with Gasteiger partial charge in [-0.3, -0.25) is 0 Å². The lowest BCUT2D eigenvalue weighted by Gasteiger charge is -2.21. The van der Waals surface area contributed by atoms with Crippen molar-refractivity contribution in [2.24, 2.45) is 0 Å². The number of anilines is 1. The predicted octanol–water partition coefficient (Wildman–Crippen LogP) is 0.988. The van der Waals surface area contributed by atoms with Gasteiger partial charge in [0.25, 0.3) is 0 Å². The SMILES string of the molecule is CC(C)(O)c1ccc(N)cc1CO. The summed E-state index contributed by atoms with van der Waals surface area (Å²) in [5, 5.41) is 18.8. The Morgan fingerprint density at radius 2 is 2.00 bits per heavy atom. The molecule has 0 unspecified atom stereocenters. The fourth-order valence-electron chi connectivity index (χ4n) is 1.34. The number of aliphatic hydroxyl groups is 2. The van der Waals surface area contributed by atoms with Crippen LogP contribution in [0.3, 0.4) is 0 Å². The minimum Gasteiger partial charge on any atom is -0.399 e. The molecular weight excluding hydrogens is 166 g/mol. The molecule has 4 N–H and O–H groups in total. The first kappa shape index (κ1) is 10.0. The van der Waals surface area contributed by atoms with Gasteiger partial charge in [0.1, 0.15) is 0 Å². The molecule has 1 aromatic carbocycles. The summed E-state index contributed by atoms with van der Waals surface area (Å²) in [5.74, 6) is 0. The van der Waals surface area contributed by atoms with Crippen LogP contribution in [0.15, 0.2) is 18.2 Å². The predicted molar refractivity (Wildman–Crippen MR) is 52.0 cm³/mol. The van der Waals surface area contributed by atoms with Gasteiger partial charge in [-0.05, 0) is 37.1 Å². The lowest BCUT2D eigenvalue weighted by molar-refractivity contribution is 0.0760. The summed E-state index contributed by atoms with van der Waals surface area (Å²) >= 11 is 0. The highest BCUT2D eigenvalue weighted by atomic mass is 16.3. The Morgan fingerprint density at radius 3 is 2.46 bits per heavy atom. The van der Waals surface area contributed by atoms with E-state index in [4.69, 9.17) is 10.8 Å². The molecular formula is C10H15NO2. The van der Waals surface area contributed by atoms with E-state index in [0.29, 0.717) is 16.8 Å². The van der Waals surface area contributed by atoms with E-state index in [1.807, 2.05) is 0 Å². The Bertz CT molecular complexity index is 302. The second-order valence-electron chi connectivity index (χ2n) is 3.63. The number of benzene rings is 1. The van der Waals surface area contributed by atoms with Gasteiger partial charge in [0.15, 0.2) is 0 Å². The van der Waals surface area contributed by atoms with Gasteiger partial charge in [-0.2, -0.15) is 0 Å². The zero-order valence-corrected chi connectivity index (χ0v) is 7.91. The van der Waals surface area contributed by atoms with E-state index in [-0.39, 0.29) is 6.61 Å². The van der Waals surface area contributed by atoms with Crippen LogP contribution in [0.4, 0.5) is 5.69 Å². The number of hydrogen-bond acceptors (Lipinski definition) is 3. The highest BCUT2D eigenvalue weighted by molar-refractivity contribution is 5.46. The molecule has 0 aliphatic heterocycles. The monoisotopic (exact) mass is 181 g/mol. The van der Waals surface area contributed by atoms with Gasteiger partial charge in [-0.1, -0.05) is 6.07 Å². The van der Waals surface area contributed by atoms with Crippen LogP contribution in [0.1, 0.15) is 25.0 Å². The molecule has 0 aliphatic rings. The summed E-state index contributed by atoms with van der Waals surface area (Å²) in [7, 11) is 0.